The highest BCUT2D eigenvalue weighted by Crippen LogP contribution is 2.26. The molecule has 0 saturated heterocycles. The van der Waals surface area contributed by atoms with Gasteiger partial charge in [0.05, 0.1) is 0 Å². The summed E-state index contributed by atoms with van der Waals surface area (Å²) in [5.74, 6) is 0.990. The molecule has 0 aliphatic heterocycles. The molecule has 1 aromatic rings. The molecule has 2 nitrogen and oxygen atoms in total. The molecular weight excluding hydrogens is 222 g/mol. The highest BCUT2D eigenvalue weighted by molar-refractivity contribution is 5.39. The zero-order chi connectivity index (χ0) is 13.4. The van der Waals surface area contributed by atoms with Crippen molar-refractivity contribution in [3.63, 3.8) is 0 Å². The molecule has 18 heavy (non-hydrogen) atoms. The first kappa shape index (κ1) is 14.8. The van der Waals surface area contributed by atoms with E-state index < -0.39 is 0 Å². The molecule has 0 aliphatic carbocycles. The second kappa shape index (κ2) is 7.93. The first-order valence-electron chi connectivity index (χ1n) is 6.77. The standard InChI is InChI=1S/C16H25NO/c1-5-7-11-18-16-12-13(3)8-9-15(16)14(4)17-10-6-2/h5,7-9,12,14,17H,6,10-11H2,1-4H3. The van der Waals surface area contributed by atoms with Crippen LogP contribution in [0.5, 0.6) is 5.75 Å². The van der Waals surface area contributed by atoms with Crippen LogP contribution in [0.25, 0.3) is 0 Å². The fourth-order valence-electron chi connectivity index (χ4n) is 1.83. The van der Waals surface area contributed by atoms with Crippen molar-refractivity contribution in [2.24, 2.45) is 0 Å². The molecule has 0 heterocycles. The van der Waals surface area contributed by atoms with Crippen molar-refractivity contribution in [1.82, 2.24) is 5.32 Å². The van der Waals surface area contributed by atoms with Gasteiger partial charge in [0.25, 0.3) is 0 Å². The molecule has 0 fully saturated rings. The van der Waals surface area contributed by atoms with Gasteiger partial charge in [-0.15, -0.1) is 0 Å². The van der Waals surface area contributed by atoms with E-state index in [0.29, 0.717) is 12.6 Å². The van der Waals surface area contributed by atoms with Gasteiger partial charge in [-0.3, -0.25) is 0 Å². The predicted octanol–water partition coefficient (Wildman–Crippen LogP) is 4.01. The van der Waals surface area contributed by atoms with Crippen LogP contribution in [0.1, 0.15) is 44.4 Å². The highest BCUT2D eigenvalue weighted by Gasteiger charge is 2.10. The Hall–Kier alpha value is -1.28. The maximum Gasteiger partial charge on any atom is 0.124 e. The van der Waals surface area contributed by atoms with E-state index in [4.69, 9.17) is 4.74 Å². The van der Waals surface area contributed by atoms with Gasteiger partial charge in [-0.25, -0.2) is 0 Å². The van der Waals surface area contributed by atoms with Crippen molar-refractivity contribution < 1.29 is 4.74 Å². The zero-order valence-corrected chi connectivity index (χ0v) is 12.0. The van der Waals surface area contributed by atoms with Crippen LogP contribution in [-0.2, 0) is 0 Å². The average molecular weight is 247 g/mol. The molecule has 0 aromatic heterocycles. The molecule has 0 amide bonds. The fraction of sp³-hybridized carbons (Fsp3) is 0.500. The van der Waals surface area contributed by atoms with Gasteiger partial charge in [-0.2, -0.15) is 0 Å². The van der Waals surface area contributed by atoms with E-state index in [1.807, 2.05) is 19.1 Å². The third kappa shape index (κ3) is 4.53. The van der Waals surface area contributed by atoms with E-state index in [2.05, 4.69) is 44.3 Å². The second-order valence-corrected chi connectivity index (χ2v) is 4.60. The van der Waals surface area contributed by atoms with Crippen molar-refractivity contribution in [2.75, 3.05) is 13.2 Å². The molecule has 1 aromatic carbocycles. The number of hydrogen-bond acceptors (Lipinski definition) is 2. The molecule has 0 radical (unpaired) electrons. The minimum absolute atomic E-state index is 0.325. The molecule has 1 atom stereocenters. The van der Waals surface area contributed by atoms with Crippen LogP contribution >= 0.6 is 0 Å². The zero-order valence-electron chi connectivity index (χ0n) is 12.0. The Labute approximate surface area is 111 Å². The number of ether oxygens (including phenoxy) is 1. The van der Waals surface area contributed by atoms with Crippen molar-refractivity contribution >= 4 is 0 Å². The number of aryl methyl sites for hydroxylation is 1. The van der Waals surface area contributed by atoms with Crippen molar-refractivity contribution in [3.8, 4) is 5.75 Å². The number of hydrogen-bond donors (Lipinski definition) is 1. The first-order chi connectivity index (χ1) is 8.69. The molecule has 0 spiro atoms. The lowest BCUT2D eigenvalue weighted by Crippen LogP contribution is -2.20. The quantitative estimate of drug-likeness (QED) is 0.735. The summed E-state index contributed by atoms with van der Waals surface area (Å²) in [6.45, 7) is 10.1. The topological polar surface area (TPSA) is 21.3 Å². The minimum Gasteiger partial charge on any atom is -0.489 e. The molecule has 2 heteroatoms. The summed E-state index contributed by atoms with van der Waals surface area (Å²) in [4.78, 5) is 0. The summed E-state index contributed by atoms with van der Waals surface area (Å²) in [5.41, 5.74) is 2.47. The Morgan fingerprint density at radius 1 is 1.39 bits per heavy atom. The summed E-state index contributed by atoms with van der Waals surface area (Å²) in [5, 5.41) is 3.50. The smallest absolute Gasteiger partial charge is 0.124 e. The van der Waals surface area contributed by atoms with Gasteiger partial charge in [-0.05, 0) is 45.4 Å². The van der Waals surface area contributed by atoms with E-state index in [1.54, 1.807) is 0 Å². The van der Waals surface area contributed by atoms with Crippen LogP contribution in [0.2, 0.25) is 0 Å². The molecule has 1 N–H and O–H groups in total. The Kier molecular flexibility index (Phi) is 6.51. The Morgan fingerprint density at radius 2 is 2.17 bits per heavy atom. The maximum absolute atomic E-state index is 5.83. The Balaban J connectivity index is 2.81. The normalized spacial score (nSPS) is 12.9. The fourth-order valence-corrected chi connectivity index (χ4v) is 1.83. The summed E-state index contributed by atoms with van der Waals surface area (Å²) >= 11 is 0. The Bertz CT molecular complexity index is 385. The molecule has 1 rings (SSSR count). The molecular formula is C16H25NO. The lowest BCUT2D eigenvalue weighted by atomic mass is 10.0. The Morgan fingerprint density at radius 3 is 2.83 bits per heavy atom. The van der Waals surface area contributed by atoms with Crippen LogP contribution in [-0.4, -0.2) is 13.2 Å². The summed E-state index contributed by atoms with van der Waals surface area (Å²) < 4.78 is 5.83. The van der Waals surface area contributed by atoms with Crippen LogP contribution in [0.15, 0.2) is 30.4 Å². The number of nitrogens with one attached hydrogen (secondary N) is 1. The lowest BCUT2D eigenvalue weighted by molar-refractivity contribution is 0.353. The minimum atomic E-state index is 0.325. The molecule has 100 valence electrons. The maximum atomic E-state index is 5.83. The third-order valence-electron chi connectivity index (χ3n) is 2.91. The van der Waals surface area contributed by atoms with Gasteiger partial charge >= 0.3 is 0 Å². The van der Waals surface area contributed by atoms with E-state index in [0.717, 1.165) is 18.7 Å². The monoisotopic (exact) mass is 247 g/mol. The van der Waals surface area contributed by atoms with E-state index >= 15 is 0 Å². The van der Waals surface area contributed by atoms with Crippen molar-refractivity contribution in [3.05, 3.63) is 41.5 Å². The summed E-state index contributed by atoms with van der Waals surface area (Å²) in [6.07, 6.45) is 5.18. The van der Waals surface area contributed by atoms with Crippen molar-refractivity contribution in [1.29, 1.82) is 0 Å². The predicted molar refractivity (Wildman–Crippen MR) is 78.2 cm³/mol. The van der Waals surface area contributed by atoms with Gasteiger partial charge in [0.15, 0.2) is 0 Å². The van der Waals surface area contributed by atoms with Gasteiger partial charge in [0, 0.05) is 11.6 Å². The van der Waals surface area contributed by atoms with E-state index in [-0.39, 0.29) is 0 Å². The number of benzene rings is 1. The van der Waals surface area contributed by atoms with Crippen LogP contribution in [0.4, 0.5) is 0 Å². The molecule has 0 bridgehead atoms. The van der Waals surface area contributed by atoms with Gasteiger partial charge in [0.2, 0.25) is 0 Å². The number of rotatable bonds is 7. The van der Waals surface area contributed by atoms with Crippen molar-refractivity contribution in [2.45, 2.75) is 40.2 Å². The van der Waals surface area contributed by atoms with Crippen LogP contribution < -0.4 is 10.1 Å². The average Bonchev–Trinajstić information content (AvgIpc) is 2.36. The van der Waals surface area contributed by atoms with E-state index in [9.17, 15) is 0 Å². The van der Waals surface area contributed by atoms with E-state index in [1.165, 1.54) is 11.1 Å². The van der Waals surface area contributed by atoms with Crippen LogP contribution in [0, 0.1) is 6.92 Å². The molecule has 0 aliphatic rings. The summed E-state index contributed by atoms with van der Waals surface area (Å²) in [7, 11) is 0. The van der Waals surface area contributed by atoms with Crippen LogP contribution in [0.3, 0.4) is 0 Å². The SMILES string of the molecule is CC=CCOc1cc(C)ccc1C(C)NCCC. The van der Waals surface area contributed by atoms with Gasteiger partial charge in [0.1, 0.15) is 12.4 Å². The van der Waals surface area contributed by atoms with Gasteiger partial charge in [-0.1, -0.05) is 31.2 Å². The second-order valence-electron chi connectivity index (χ2n) is 4.60. The highest BCUT2D eigenvalue weighted by atomic mass is 16.5. The third-order valence-corrected chi connectivity index (χ3v) is 2.91. The lowest BCUT2D eigenvalue weighted by Gasteiger charge is -2.18. The largest absolute Gasteiger partial charge is 0.489 e. The first-order valence-corrected chi connectivity index (χ1v) is 6.77. The van der Waals surface area contributed by atoms with Gasteiger partial charge < -0.3 is 10.1 Å². The molecule has 0 saturated carbocycles. The molecule has 1 unspecified atom stereocenters. The summed E-state index contributed by atoms with van der Waals surface area (Å²) in [6, 6.07) is 6.74. The number of allylic oxidation sites excluding steroid dienone is 1.